The predicted molar refractivity (Wildman–Crippen MR) is 65.7 cm³/mol. The molecule has 17 heavy (non-hydrogen) atoms. The normalized spacial score (nSPS) is 10.8. The average Bonchev–Trinajstić information content (AvgIpc) is 2.28. The van der Waals surface area contributed by atoms with E-state index in [1.807, 2.05) is 5.40 Å². The molecule has 3 nitrogen and oxygen atoms in total. The molecule has 0 aliphatic rings. The highest BCUT2D eigenvalue weighted by Crippen LogP contribution is 2.21. The summed E-state index contributed by atoms with van der Waals surface area (Å²) >= 11 is 0.725. The third-order valence-corrected chi connectivity index (χ3v) is 2.48. The van der Waals surface area contributed by atoms with Crippen molar-refractivity contribution in [2.45, 2.75) is 0 Å². The zero-order valence-electron chi connectivity index (χ0n) is 9.48. The molecule has 88 valence electrons. The zero-order valence-corrected chi connectivity index (χ0v) is 10.3. The fourth-order valence-corrected chi connectivity index (χ4v) is 1.76. The molecule has 0 saturated heterocycles. The van der Waals surface area contributed by atoms with E-state index < -0.39 is 11.6 Å². The number of carbonyl (C=O) groups excluding carboxylic acids is 1. The van der Waals surface area contributed by atoms with Crippen LogP contribution < -0.4 is 0 Å². The number of nitrogens with zero attached hydrogens (tertiary/aromatic N) is 2. The van der Waals surface area contributed by atoms with Crippen LogP contribution in [0.1, 0.15) is 10.4 Å². The van der Waals surface area contributed by atoms with Crippen LogP contribution >= 0.6 is 11.8 Å². The number of thiocyanates is 1. The summed E-state index contributed by atoms with van der Waals surface area (Å²) in [5.74, 6) is -1.07. The molecule has 0 N–H and O–H groups in total. The van der Waals surface area contributed by atoms with Crippen molar-refractivity contribution >= 4 is 17.5 Å². The van der Waals surface area contributed by atoms with Gasteiger partial charge in [-0.3, -0.25) is 4.79 Å². The minimum absolute atomic E-state index is 0.0247. The smallest absolute Gasteiger partial charge is 0.204 e. The van der Waals surface area contributed by atoms with Gasteiger partial charge in [0.15, 0.2) is 0 Å². The topological polar surface area (TPSA) is 44.1 Å². The third-order valence-electron chi connectivity index (χ3n) is 1.87. The molecule has 0 saturated carbocycles. The second-order valence-corrected chi connectivity index (χ2v) is 4.29. The van der Waals surface area contributed by atoms with Crippen molar-refractivity contribution < 1.29 is 9.18 Å². The van der Waals surface area contributed by atoms with Gasteiger partial charge in [0.05, 0.1) is 10.5 Å². The summed E-state index contributed by atoms with van der Waals surface area (Å²) in [4.78, 5) is 13.8. The van der Waals surface area contributed by atoms with Crippen LogP contribution in [0.5, 0.6) is 0 Å². The maximum Gasteiger partial charge on any atom is 0.204 e. The molecule has 1 aromatic carbocycles. The van der Waals surface area contributed by atoms with Crippen molar-refractivity contribution in [1.82, 2.24) is 4.90 Å². The summed E-state index contributed by atoms with van der Waals surface area (Å²) in [6.07, 6.45) is 1.50. The number of hydrogen-bond acceptors (Lipinski definition) is 4. The van der Waals surface area contributed by atoms with Crippen molar-refractivity contribution in [3.8, 4) is 5.40 Å². The lowest BCUT2D eigenvalue weighted by Gasteiger charge is -2.08. The summed E-state index contributed by atoms with van der Waals surface area (Å²) in [7, 11) is 3.46. The second kappa shape index (κ2) is 6.06. The van der Waals surface area contributed by atoms with Crippen LogP contribution in [0.25, 0.3) is 0 Å². The lowest BCUT2D eigenvalue weighted by atomic mass is 10.1. The van der Waals surface area contributed by atoms with Crippen LogP contribution in [0.2, 0.25) is 0 Å². The summed E-state index contributed by atoms with van der Waals surface area (Å²) in [5, 5.41) is 10.4. The van der Waals surface area contributed by atoms with Gasteiger partial charge in [0.1, 0.15) is 11.2 Å². The van der Waals surface area contributed by atoms with Crippen LogP contribution in [-0.2, 0) is 0 Å². The molecular formula is C12H11FN2OS. The van der Waals surface area contributed by atoms with Crippen molar-refractivity contribution in [2.24, 2.45) is 0 Å². The van der Waals surface area contributed by atoms with Crippen LogP contribution in [0.15, 0.2) is 35.4 Å². The minimum atomic E-state index is -0.583. The minimum Gasteiger partial charge on any atom is -0.382 e. The molecule has 0 radical (unpaired) electrons. The Hall–Kier alpha value is -1.80. The Morgan fingerprint density at radius 1 is 1.47 bits per heavy atom. The molecule has 1 rings (SSSR count). The lowest BCUT2D eigenvalue weighted by molar-refractivity contribution is 0.103. The van der Waals surface area contributed by atoms with Crippen LogP contribution in [0.3, 0.4) is 0 Å². The molecule has 0 aromatic heterocycles. The number of nitriles is 1. The fourth-order valence-electron chi connectivity index (χ4n) is 1.19. The van der Waals surface area contributed by atoms with E-state index in [1.165, 1.54) is 24.4 Å². The number of carbonyl (C=O) groups is 1. The first-order valence-corrected chi connectivity index (χ1v) is 5.61. The Labute approximate surface area is 104 Å². The van der Waals surface area contributed by atoms with Gasteiger partial charge in [-0.25, -0.2) is 4.39 Å². The maximum absolute atomic E-state index is 13.4. The van der Waals surface area contributed by atoms with Gasteiger partial charge in [-0.2, -0.15) is 5.26 Å². The fraction of sp³-hybridized carbons (Fsp3) is 0.167. The highest BCUT2D eigenvalue weighted by molar-refractivity contribution is 8.08. The Morgan fingerprint density at radius 2 is 2.12 bits per heavy atom. The van der Waals surface area contributed by atoms with Crippen molar-refractivity contribution in [2.75, 3.05) is 14.1 Å². The van der Waals surface area contributed by atoms with E-state index in [1.54, 1.807) is 25.1 Å². The van der Waals surface area contributed by atoms with Gasteiger partial charge < -0.3 is 4.90 Å². The first-order valence-electron chi connectivity index (χ1n) is 4.79. The number of rotatable bonds is 4. The number of hydrogen-bond donors (Lipinski definition) is 0. The Balaban J connectivity index is 3.10. The summed E-state index contributed by atoms with van der Waals surface area (Å²) in [6, 6.07) is 5.72. The van der Waals surface area contributed by atoms with E-state index in [9.17, 15) is 9.18 Å². The predicted octanol–water partition coefficient (Wildman–Crippen LogP) is 2.63. The molecule has 0 bridgehead atoms. The molecule has 0 fully saturated rings. The molecule has 0 aliphatic carbocycles. The van der Waals surface area contributed by atoms with Crippen LogP contribution in [-0.4, -0.2) is 24.8 Å². The number of ketones is 1. The SMILES string of the molecule is CN(C)/C=C(\SC#N)C(=O)c1ccccc1F. The van der Waals surface area contributed by atoms with E-state index in [-0.39, 0.29) is 10.5 Å². The van der Waals surface area contributed by atoms with Crippen molar-refractivity contribution in [3.05, 3.63) is 46.8 Å². The number of Topliss-reactive ketones (excluding diaryl/α,β-unsaturated/α-hetero) is 1. The summed E-state index contributed by atoms with van der Waals surface area (Å²) in [5.41, 5.74) is -0.0247. The Bertz CT molecular complexity index is 492. The van der Waals surface area contributed by atoms with E-state index in [4.69, 9.17) is 5.26 Å². The summed E-state index contributed by atoms with van der Waals surface area (Å²) in [6.45, 7) is 0. The molecule has 0 heterocycles. The van der Waals surface area contributed by atoms with E-state index in [0.717, 1.165) is 11.8 Å². The monoisotopic (exact) mass is 250 g/mol. The highest BCUT2D eigenvalue weighted by Gasteiger charge is 2.16. The van der Waals surface area contributed by atoms with E-state index in [0.29, 0.717) is 0 Å². The van der Waals surface area contributed by atoms with Gasteiger partial charge in [-0.15, -0.1) is 0 Å². The lowest BCUT2D eigenvalue weighted by Crippen LogP contribution is -2.09. The molecule has 5 heteroatoms. The van der Waals surface area contributed by atoms with Crippen molar-refractivity contribution in [1.29, 1.82) is 5.26 Å². The first kappa shape index (κ1) is 13.3. The van der Waals surface area contributed by atoms with E-state index in [2.05, 4.69) is 0 Å². The number of thioether (sulfide) groups is 1. The van der Waals surface area contributed by atoms with Crippen LogP contribution in [0, 0.1) is 16.5 Å². The molecule has 1 aromatic rings. The van der Waals surface area contributed by atoms with Crippen molar-refractivity contribution in [3.63, 3.8) is 0 Å². The summed E-state index contributed by atoms with van der Waals surface area (Å²) < 4.78 is 13.4. The van der Waals surface area contributed by atoms with Crippen LogP contribution in [0.4, 0.5) is 4.39 Å². The van der Waals surface area contributed by atoms with E-state index >= 15 is 0 Å². The Morgan fingerprint density at radius 3 is 2.65 bits per heavy atom. The molecule has 0 spiro atoms. The first-order chi connectivity index (χ1) is 8.06. The molecule has 0 atom stereocenters. The number of halogens is 1. The number of allylic oxidation sites excluding steroid dienone is 1. The highest BCUT2D eigenvalue weighted by atomic mass is 32.2. The molecule has 0 amide bonds. The molecule has 0 aliphatic heterocycles. The van der Waals surface area contributed by atoms with Gasteiger partial charge in [-0.05, 0) is 23.9 Å². The van der Waals surface area contributed by atoms with Gasteiger partial charge in [-0.1, -0.05) is 12.1 Å². The van der Waals surface area contributed by atoms with Gasteiger partial charge in [0, 0.05) is 20.3 Å². The Kier molecular flexibility index (Phi) is 4.73. The third kappa shape index (κ3) is 3.61. The largest absolute Gasteiger partial charge is 0.382 e. The molecular weight excluding hydrogens is 239 g/mol. The zero-order chi connectivity index (χ0) is 12.8. The number of benzene rings is 1. The maximum atomic E-state index is 13.4. The van der Waals surface area contributed by atoms with Gasteiger partial charge in [0.2, 0.25) is 5.78 Å². The molecule has 0 unspecified atom stereocenters. The second-order valence-electron chi connectivity index (χ2n) is 3.46. The standard InChI is InChI=1S/C12H11FN2OS/c1-15(2)7-11(17-8-14)12(16)9-5-3-4-6-10(9)13/h3-7H,1-2H3/b11-7-. The quantitative estimate of drug-likeness (QED) is 0.468. The average molecular weight is 250 g/mol. The van der Waals surface area contributed by atoms with Gasteiger partial charge in [0.25, 0.3) is 0 Å². The van der Waals surface area contributed by atoms with Gasteiger partial charge >= 0.3 is 0 Å².